The molecule has 0 amide bonds. The van der Waals surface area contributed by atoms with Crippen LogP contribution in [0.2, 0.25) is 0 Å². The van der Waals surface area contributed by atoms with Gasteiger partial charge >= 0.3 is 5.97 Å². The van der Waals surface area contributed by atoms with Gasteiger partial charge < -0.3 is 10.5 Å². The number of benzene rings is 1. The molecule has 3 heteroatoms. The van der Waals surface area contributed by atoms with E-state index in [1.54, 1.807) is 12.1 Å². The van der Waals surface area contributed by atoms with Crippen molar-refractivity contribution in [2.24, 2.45) is 0 Å². The maximum absolute atomic E-state index is 11.3. The Morgan fingerprint density at radius 1 is 1.54 bits per heavy atom. The lowest BCUT2D eigenvalue weighted by Crippen LogP contribution is -1.96. The number of hydrogen-bond acceptors (Lipinski definition) is 3. The van der Waals surface area contributed by atoms with Gasteiger partial charge in [0.15, 0.2) is 0 Å². The standard InChI is InChI=1S/C10H11NO2/c1-2-9-8-5-6(11)3-4-7(8)10(12)13-9/h3-5,9H,2,11H2,1H3. The number of fused-ring (bicyclic) bond motifs is 1. The minimum atomic E-state index is -0.234. The molecule has 68 valence electrons. The first-order chi connectivity index (χ1) is 6.22. The number of hydrogen-bond donors (Lipinski definition) is 1. The summed E-state index contributed by atoms with van der Waals surface area (Å²) in [5.74, 6) is -0.234. The van der Waals surface area contributed by atoms with E-state index in [1.165, 1.54) is 0 Å². The average Bonchev–Trinajstić information content (AvgIpc) is 2.42. The normalized spacial score (nSPS) is 19.8. The quantitative estimate of drug-likeness (QED) is 0.526. The van der Waals surface area contributed by atoms with E-state index in [1.807, 2.05) is 13.0 Å². The number of nitrogen functional groups attached to an aromatic ring is 1. The Morgan fingerprint density at radius 2 is 2.31 bits per heavy atom. The highest BCUT2D eigenvalue weighted by molar-refractivity contribution is 5.94. The lowest BCUT2D eigenvalue weighted by molar-refractivity contribution is 0.0378. The molecule has 1 aromatic rings. The highest BCUT2D eigenvalue weighted by Gasteiger charge is 2.29. The van der Waals surface area contributed by atoms with Crippen molar-refractivity contribution in [1.29, 1.82) is 0 Å². The molecule has 0 saturated heterocycles. The third-order valence-corrected chi connectivity index (χ3v) is 2.26. The second kappa shape index (κ2) is 2.76. The Kier molecular flexibility index (Phi) is 1.72. The minimum absolute atomic E-state index is 0.106. The average molecular weight is 177 g/mol. The third-order valence-electron chi connectivity index (χ3n) is 2.26. The zero-order valence-corrected chi connectivity index (χ0v) is 7.41. The molecule has 13 heavy (non-hydrogen) atoms. The molecule has 1 aliphatic rings. The van der Waals surface area contributed by atoms with Gasteiger partial charge in [-0.1, -0.05) is 6.92 Å². The van der Waals surface area contributed by atoms with Crippen molar-refractivity contribution < 1.29 is 9.53 Å². The van der Waals surface area contributed by atoms with E-state index in [2.05, 4.69) is 0 Å². The van der Waals surface area contributed by atoms with Gasteiger partial charge in [-0.15, -0.1) is 0 Å². The first-order valence-corrected chi connectivity index (χ1v) is 4.32. The summed E-state index contributed by atoms with van der Waals surface area (Å²) in [6.07, 6.45) is 0.688. The molecule has 0 aliphatic carbocycles. The number of carbonyl (C=O) groups is 1. The molecular weight excluding hydrogens is 166 g/mol. The molecule has 2 N–H and O–H groups in total. The molecule has 0 bridgehead atoms. The minimum Gasteiger partial charge on any atom is -0.454 e. The van der Waals surface area contributed by atoms with Crippen molar-refractivity contribution in [3.05, 3.63) is 29.3 Å². The van der Waals surface area contributed by atoms with Gasteiger partial charge in [0.05, 0.1) is 5.56 Å². The van der Waals surface area contributed by atoms with E-state index >= 15 is 0 Å². The van der Waals surface area contributed by atoms with Crippen LogP contribution in [0.4, 0.5) is 5.69 Å². The fraction of sp³-hybridized carbons (Fsp3) is 0.300. The molecule has 0 spiro atoms. The van der Waals surface area contributed by atoms with Crippen molar-refractivity contribution in [1.82, 2.24) is 0 Å². The summed E-state index contributed by atoms with van der Waals surface area (Å²) in [6.45, 7) is 1.98. The Hall–Kier alpha value is -1.51. The highest BCUT2D eigenvalue weighted by Crippen LogP contribution is 2.33. The fourth-order valence-corrected chi connectivity index (χ4v) is 1.59. The van der Waals surface area contributed by atoms with E-state index in [0.717, 1.165) is 12.0 Å². The number of carbonyl (C=O) groups excluding carboxylic acids is 1. The van der Waals surface area contributed by atoms with E-state index < -0.39 is 0 Å². The smallest absolute Gasteiger partial charge is 0.339 e. The van der Waals surface area contributed by atoms with Crippen molar-refractivity contribution >= 4 is 11.7 Å². The van der Waals surface area contributed by atoms with Gasteiger partial charge in [0.1, 0.15) is 6.10 Å². The second-order valence-electron chi connectivity index (χ2n) is 3.15. The molecule has 0 saturated carbocycles. The van der Waals surface area contributed by atoms with Crippen molar-refractivity contribution in [2.45, 2.75) is 19.4 Å². The van der Waals surface area contributed by atoms with Crippen LogP contribution in [-0.4, -0.2) is 5.97 Å². The summed E-state index contributed by atoms with van der Waals surface area (Å²) in [7, 11) is 0. The van der Waals surface area contributed by atoms with Crippen LogP contribution < -0.4 is 5.73 Å². The zero-order valence-electron chi connectivity index (χ0n) is 7.41. The SMILES string of the molecule is CCC1OC(=O)c2ccc(N)cc21. The van der Waals surface area contributed by atoms with Gasteiger partial charge in [0.25, 0.3) is 0 Å². The molecule has 3 nitrogen and oxygen atoms in total. The van der Waals surface area contributed by atoms with Gasteiger partial charge in [-0.2, -0.15) is 0 Å². The molecular formula is C10H11NO2. The molecule has 2 rings (SSSR count). The van der Waals surface area contributed by atoms with Crippen molar-refractivity contribution in [2.75, 3.05) is 5.73 Å². The number of anilines is 1. The first-order valence-electron chi connectivity index (χ1n) is 4.32. The van der Waals surface area contributed by atoms with Gasteiger partial charge in [-0.25, -0.2) is 4.79 Å². The van der Waals surface area contributed by atoms with Crippen molar-refractivity contribution in [3.63, 3.8) is 0 Å². The summed E-state index contributed by atoms with van der Waals surface area (Å²) in [5, 5.41) is 0. The van der Waals surface area contributed by atoms with Crippen LogP contribution in [0.3, 0.4) is 0 Å². The van der Waals surface area contributed by atoms with Crippen LogP contribution in [-0.2, 0) is 4.74 Å². The molecule has 1 aliphatic heterocycles. The van der Waals surface area contributed by atoms with E-state index in [4.69, 9.17) is 10.5 Å². The predicted octanol–water partition coefficient (Wildman–Crippen LogP) is 1.89. The summed E-state index contributed by atoms with van der Waals surface area (Å²) >= 11 is 0. The Balaban J connectivity index is 2.52. The van der Waals surface area contributed by atoms with Gasteiger partial charge in [0, 0.05) is 11.3 Å². The second-order valence-corrected chi connectivity index (χ2v) is 3.15. The number of esters is 1. The number of rotatable bonds is 1. The summed E-state index contributed by atoms with van der Waals surface area (Å²) in [5.41, 5.74) is 7.88. The van der Waals surface area contributed by atoms with Crippen LogP contribution in [0.5, 0.6) is 0 Å². The Bertz CT molecular complexity index is 360. The lowest BCUT2D eigenvalue weighted by atomic mass is 10.0. The zero-order chi connectivity index (χ0) is 9.42. The Morgan fingerprint density at radius 3 is 3.00 bits per heavy atom. The summed E-state index contributed by atoms with van der Waals surface area (Å²) < 4.78 is 5.14. The molecule has 0 aromatic heterocycles. The maximum atomic E-state index is 11.3. The maximum Gasteiger partial charge on any atom is 0.339 e. The molecule has 1 atom stereocenters. The third kappa shape index (κ3) is 1.16. The Labute approximate surface area is 76.5 Å². The van der Waals surface area contributed by atoms with Crippen LogP contribution in [0.1, 0.15) is 35.4 Å². The lowest BCUT2D eigenvalue weighted by Gasteiger charge is -2.06. The van der Waals surface area contributed by atoms with Gasteiger partial charge in [-0.3, -0.25) is 0 Å². The number of cyclic esters (lactones) is 1. The highest BCUT2D eigenvalue weighted by atomic mass is 16.5. The molecule has 1 heterocycles. The predicted molar refractivity (Wildman–Crippen MR) is 49.3 cm³/mol. The molecule has 1 aromatic carbocycles. The van der Waals surface area contributed by atoms with Gasteiger partial charge in [0.2, 0.25) is 0 Å². The van der Waals surface area contributed by atoms with E-state index in [0.29, 0.717) is 11.3 Å². The van der Waals surface area contributed by atoms with Crippen LogP contribution in [0.25, 0.3) is 0 Å². The topological polar surface area (TPSA) is 52.3 Å². The van der Waals surface area contributed by atoms with E-state index in [-0.39, 0.29) is 12.1 Å². The fourth-order valence-electron chi connectivity index (χ4n) is 1.59. The van der Waals surface area contributed by atoms with Crippen LogP contribution in [0.15, 0.2) is 18.2 Å². The molecule has 0 fully saturated rings. The van der Waals surface area contributed by atoms with Crippen LogP contribution in [0, 0.1) is 0 Å². The molecule has 0 radical (unpaired) electrons. The summed E-state index contributed by atoms with van der Waals surface area (Å²) in [4.78, 5) is 11.3. The monoisotopic (exact) mass is 177 g/mol. The molecule has 1 unspecified atom stereocenters. The van der Waals surface area contributed by atoms with E-state index in [9.17, 15) is 4.79 Å². The number of ether oxygens (including phenoxy) is 1. The van der Waals surface area contributed by atoms with Gasteiger partial charge in [-0.05, 0) is 24.6 Å². The first kappa shape index (κ1) is 8.10. The largest absolute Gasteiger partial charge is 0.454 e. The van der Waals surface area contributed by atoms with Crippen LogP contribution >= 0.6 is 0 Å². The van der Waals surface area contributed by atoms with Crippen molar-refractivity contribution in [3.8, 4) is 0 Å². The summed E-state index contributed by atoms with van der Waals surface area (Å²) in [6, 6.07) is 5.26. The number of nitrogens with two attached hydrogens (primary N) is 1.